The fourth-order valence-electron chi connectivity index (χ4n) is 3.52. The maximum Gasteiger partial charge on any atom is 0.412 e. The molecule has 13 heteroatoms. The van der Waals surface area contributed by atoms with Gasteiger partial charge in [-0.2, -0.15) is 0 Å². The van der Waals surface area contributed by atoms with Crippen LogP contribution in [0.4, 0.5) is 24.2 Å². The molecule has 208 valence electrons. The molecule has 3 aromatic rings. The minimum Gasteiger partial charge on any atom is -0.469 e. The molecule has 39 heavy (non-hydrogen) atoms. The standard InChI is InChI=1S/C26H27BrF2N4O6/c1-33(25(35)30-14-17-5-3-7-20(28)24(17)29)19(6-4-8-23(34)37-2)15-38-26(36)31-22-13-21(39-32-22)16-9-11-18(27)12-10-16/h3,5,7,9-13,19H,4,6,8,14-15H2,1-2H3,(H,30,35)(H,31,32,36)/t19-/m0/s1. The van der Waals surface area contributed by atoms with Crippen molar-refractivity contribution >= 4 is 39.8 Å². The number of urea groups is 1. The number of benzene rings is 2. The normalized spacial score (nSPS) is 11.4. The van der Waals surface area contributed by atoms with E-state index in [4.69, 9.17) is 9.26 Å². The first-order valence-electron chi connectivity index (χ1n) is 11.8. The number of ether oxygens (including phenoxy) is 2. The third-order valence-corrected chi connectivity index (χ3v) is 6.28. The summed E-state index contributed by atoms with van der Waals surface area (Å²) in [7, 11) is 2.73. The molecule has 0 bridgehead atoms. The number of anilines is 1. The maximum atomic E-state index is 13.9. The van der Waals surface area contributed by atoms with Crippen LogP contribution in [-0.2, 0) is 20.8 Å². The minimum atomic E-state index is -1.05. The summed E-state index contributed by atoms with van der Waals surface area (Å²) in [6.07, 6.45) is -0.100. The Bertz CT molecular complexity index is 1290. The van der Waals surface area contributed by atoms with E-state index >= 15 is 0 Å². The lowest BCUT2D eigenvalue weighted by Crippen LogP contribution is -2.46. The van der Waals surface area contributed by atoms with Crippen LogP contribution in [0.1, 0.15) is 24.8 Å². The van der Waals surface area contributed by atoms with Crippen LogP contribution in [0.5, 0.6) is 0 Å². The summed E-state index contributed by atoms with van der Waals surface area (Å²) in [6, 6.07) is 11.2. The number of methoxy groups -OCH3 is 1. The summed E-state index contributed by atoms with van der Waals surface area (Å²) in [6.45, 7) is -0.474. The van der Waals surface area contributed by atoms with Gasteiger partial charge in [-0.1, -0.05) is 45.4 Å². The van der Waals surface area contributed by atoms with Gasteiger partial charge in [-0.25, -0.2) is 18.4 Å². The lowest BCUT2D eigenvalue weighted by molar-refractivity contribution is -0.140. The molecule has 1 heterocycles. The zero-order chi connectivity index (χ0) is 28.4. The number of nitrogens with one attached hydrogen (secondary N) is 2. The Morgan fingerprint density at radius 2 is 1.90 bits per heavy atom. The number of hydrogen-bond donors (Lipinski definition) is 2. The Morgan fingerprint density at radius 1 is 1.15 bits per heavy atom. The number of amides is 3. The number of aromatic nitrogens is 1. The van der Waals surface area contributed by atoms with E-state index < -0.39 is 35.8 Å². The molecule has 3 amide bonds. The van der Waals surface area contributed by atoms with Gasteiger partial charge in [-0.3, -0.25) is 10.1 Å². The highest BCUT2D eigenvalue weighted by molar-refractivity contribution is 9.10. The Kier molecular flexibility index (Phi) is 10.8. The predicted octanol–water partition coefficient (Wildman–Crippen LogP) is 5.48. The summed E-state index contributed by atoms with van der Waals surface area (Å²) in [5.41, 5.74) is 0.730. The number of hydrogen-bond acceptors (Lipinski definition) is 7. The zero-order valence-electron chi connectivity index (χ0n) is 21.2. The lowest BCUT2D eigenvalue weighted by atomic mass is 10.1. The van der Waals surface area contributed by atoms with Gasteiger partial charge in [0.15, 0.2) is 23.2 Å². The quantitative estimate of drug-likeness (QED) is 0.276. The summed E-state index contributed by atoms with van der Waals surface area (Å²) >= 11 is 3.35. The van der Waals surface area contributed by atoms with Crippen molar-refractivity contribution in [2.75, 3.05) is 26.1 Å². The highest BCUT2D eigenvalue weighted by Crippen LogP contribution is 2.24. The second-order valence-electron chi connectivity index (χ2n) is 8.41. The molecule has 3 rings (SSSR count). The second-order valence-corrected chi connectivity index (χ2v) is 9.33. The van der Waals surface area contributed by atoms with Crippen LogP contribution in [0.2, 0.25) is 0 Å². The number of carbonyl (C=O) groups excluding carboxylic acids is 3. The Hall–Kier alpha value is -4.00. The van der Waals surface area contributed by atoms with Crippen molar-refractivity contribution in [3.05, 3.63) is 70.2 Å². The summed E-state index contributed by atoms with van der Waals surface area (Å²) < 4.78 is 43.5. The van der Waals surface area contributed by atoms with Crippen LogP contribution >= 0.6 is 15.9 Å². The number of nitrogens with zero attached hydrogens (tertiary/aromatic N) is 2. The molecule has 0 saturated carbocycles. The Labute approximate surface area is 231 Å². The first-order chi connectivity index (χ1) is 18.7. The molecule has 0 unspecified atom stereocenters. The Balaban J connectivity index is 1.58. The first-order valence-corrected chi connectivity index (χ1v) is 12.6. The van der Waals surface area contributed by atoms with Crippen molar-refractivity contribution < 1.29 is 37.2 Å². The monoisotopic (exact) mass is 608 g/mol. The van der Waals surface area contributed by atoms with Crippen LogP contribution < -0.4 is 10.6 Å². The van der Waals surface area contributed by atoms with Crippen LogP contribution in [0.3, 0.4) is 0 Å². The van der Waals surface area contributed by atoms with Crippen molar-refractivity contribution in [1.82, 2.24) is 15.4 Å². The van der Waals surface area contributed by atoms with Crippen molar-refractivity contribution in [2.24, 2.45) is 0 Å². The van der Waals surface area contributed by atoms with Gasteiger partial charge in [0.05, 0.1) is 13.2 Å². The van der Waals surface area contributed by atoms with Gasteiger partial charge in [-0.15, -0.1) is 0 Å². The van der Waals surface area contributed by atoms with E-state index in [9.17, 15) is 23.2 Å². The molecule has 0 radical (unpaired) electrons. The van der Waals surface area contributed by atoms with Crippen molar-refractivity contribution in [1.29, 1.82) is 0 Å². The third kappa shape index (κ3) is 8.77. The summed E-state index contributed by atoms with van der Waals surface area (Å²) in [4.78, 5) is 37.9. The lowest BCUT2D eigenvalue weighted by Gasteiger charge is -2.28. The highest BCUT2D eigenvalue weighted by atomic mass is 79.9. The van der Waals surface area contributed by atoms with E-state index in [0.29, 0.717) is 12.2 Å². The second kappa shape index (κ2) is 14.2. The van der Waals surface area contributed by atoms with E-state index in [1.165, 1.54) is 37.3 Å². The van der Waals surface area contributed by atoms with Gasteiger partial charge >= 0.3 is 18.1 Å². The van der Waals surface area contributed by atoms with Crippen LogP contribution in [0.15, 0.2) is 57.5 Å². The van der Waals surface area contributed by atoms with Crippen molar-refractivity contribution in [2.45, 2.75) is 31.8 Å². The Morgan fingerprint density at radius 3 is 2.62 bits per heavy atom. The number of rotatable bonds is 11. The molecule has 0 aliphatic rings. The molecule has 0 spiro atoms. The average molecular weight is 609 g/mol. The molecule has 0 aliphatic heterocycles. The molecule has 2 N–H and O–H groups in total. The fourth-order valence-corrected chi connectivity index (χ4v) is 3.78. The number of esters is 1. The van der Waals surface area contributed by atoms with Gasteiger partial charge in [0.2, 0.25) is 0 Å². The number of carbonyl (C=O) groups is 3. The van der Waals surface area contributed by atoms with Gasteiger partial charge in [0, 0.05) is 41.7 Å². The highest BCUT2D eigenvalue weighted by Gasteiger charge is 2.23. The zero-order valence-corrected chi connectivity index (χ0v) is 22.8. The van der Waals surface area contributed by atoms with Crippen LogP contribution in [-0.4, -0.2) is 55.0 Å². The van der Waals surface area contributed by atoms with E-state index in [2.05, 4.69) is 36.5 Å². The van der Waals surface area contributed by atoms with Crippen molar-refractivity contribution in [3.63, 3.8) is 0 Å². The number of likely N-dealkylation sites (N-methyl/N-ethyl adjacent to an activating group) is 1. The molecule has 10 nitrogen and oxygen atoms in total. The van der Waals surface area contributed by atoms with E-state index in [1.54, 1.807) is 0 Å². The van der Waals surface area contributed by atoms with E-state index in [-0.39, 0.29) is 37.4 Å². The molecule has 2 aromatic carbocycles. The number of halogens is 3. The molecule has 0 fully saturated rings. The van der Waals surface area contributed by atoms with Crippen LogP contribution in [0, 0.1) is 11.6 Å². The van der Waals surface area contributed by atoms with Crippen molar-refractivity contribution in [3.8, 4) is 11.3 Å². The largest absolute Gasteiger partial charge is 0.469 e. The summed E-state index contributed by atoms with van der Waals surface area (Å²) in [5.74, 6) is -1.93. The minimum absolute atomic E-state index is 0.0234. The van der Waals surface area contributed by atoms with Gasteiger partial charge in [0.1, 0.15) is 6.61 Å². The fraction of sp³-hybridized carbons (Fsp3) is 0.308. The molecule has 0 saturated heterocycles. The smallest absolute Gasteiger partial charge is 0.412 e. The van der Waals surface area contributed by atoms with Gasteiger partial charge in [-0.05, 0) is 31.0 Å². The first kappa shape index (κ1) is 29.6. The van der Waals surface area contributed by atoms with E-state index in [1.807, 2.05) is 24.3 Å². The molecule has 0 aliphatic carbocycles. The SMILES string of the molecule is COC(=O)CCC[C@@H](COC(=O)Nc1cc(-c2ccc(Br)cc2)on1)N(C)C(=O)NCc1cccc(F)c1F. The summed E-state index contributed by atoms with van der Waals surface area (Å²) in [5, 5.41) is 8.79. The molecule has 1 aromatic heterocycles. The van der Waals surface area contributed by atoms with Gasteiger partial charge in [0.25, 0.3) is 0 Å². The molecular weight excluding hydrogens is 582 g/mol. The predicted molar refractivity (Wildman–Crippen MR) is 141 cm³/mol. The maximum absolute atomic E-state index is 13.9. The average Bonchev–Trinajstić information content (AvgIpc) is 3.39. The van der Waals surface area contributed by atoms with Gasteiger partial charge < -0.3 is 24.2 Å². The van der Waals surface area contributed by atoms with Crippen LogP contribution in [0.25, 0.3) is 11.3 Å². The molecule has 1 atom stereocenters. The molecular formula is C26H27BrF2N4O6. The third-order valence-electron chi connectivity index (χ3n) is 5.75. The topological polar surface area (TPSA) is 123 Å². The van der Waals surface area contributed by atoms with E-state index in [0.717, 1.165) is 16.1 Å².